The molecular weight excluding hydrogens is 240 g/mol. The zero-order chi connectivity index (χ0) is 14.1. The Morgan fingerprint density at radius 3 is 2.32 bits per heavy atom. The fraction of sp³-hybridized carbons (Fsp3) is 0.533. The smallest absolute Gasteiger partial charge is 0.314 e. The van der Waals surface area contributed by atoms with Gasteiger partial charge >= 0.3 is 6.03 Å². The topological polar surface area (TPSA) is 61.4 Å². The highest BCUT2D eigenvalue weighted by molar-refractivity contribution is 5.73. The molecule has 106 valence electrons. The van der Waals surface area contributed by atoms with E-state index < -0.39 is 0 Å². The first kappa shape index (κ1) is 15.5. The van der Waals surface area contributed by atoms with E-state index in [1.165, 1.54) is 5.56 Å². The van der Waals surface area contributed by atoms with E-state index in [0.29, 0.717) is 6.54 Å². The van der Waals surface area contributed by atoms with Gasteiger partial charge in [-0.3, -0.25) is 0 Å². The molecule has 0 saturated carbocycles. The molecule has 0 heterocycles. The van der Waals surface area contributed by atoms with E-state index >= 15 is 0 Å². The van der Waals surface area contributed by atoms with Crippen LogP contribution in [0.4, 0.5) is 4.79 Å². The lowest BCUT2D eigenvalue weighted by atomic mass is 9.76. The van der Waals surface area contributed by atoms with Crippen molar-refractivity contribution in [2.24, 2.45) is 0 Å². The van der Waals surface area contributed by atoms with Crippen LogP contribution in [-0.4, -0.2) is 30.8 Å². The van der Waals surface area contributed by atoms with E-state index in [9.17, 15) is 4.79 Å². The molecule has 0 radical (unpaired) electrons. The lowest BCUT2D eigenvalue weighted by Crippen LogP contribution is -2.45. The second-order valence-electron chi connectivity index (χ2n) is 4.69. The van der Waals surface area contributed by atoms with Gasteiger partial charge in [-0.1, -0.05) is 44.2 Å². The Morgan fingerprint density at radius 1 is 1.16 bits per heavy atom. The highest BCUT2D eigenvalue weighted by Crippen LogP contribution is 2.30. The van der Waals surface area contributed by atoms with Crippen LogP contribution in [0.1, 0.15) is 32.3 Å². The number of urea groups is 1. The van der Waals surface area contributed by atoms with E-state index in [0.717, 1.165) is 12.8 Å². The highest BCUT2D eigenvalue weighted by Gasteiger charge is 2.28. The van der Waals surface area contributed by atoms with E-state index in [1.54, 1.807) is 0 Å². The van der Waals surface area contributed by atoms with Gasteiger partial charge in [-0.05, 0) is 18.4 Å². The van der Waals surface area contributed by atoms with Crippen LogP contribution in [0.15, 0.2) is 30.3 Å². The van der Waals surface area contributed by atoms with Gasteiger partial charge in [0.2, 0.25) is 0 Å². The lowest BCUT2D eigenvalue weighted by Gasteiger charge is -2.32. The number of amides is 2. The summed E-state index contributed by atoms with van der Waals surface area (Å²) in [5.41, 5.74) is 1.22. The monoisotopic (exact) mass is 264 g/mol. The number of carbonyl (C=O) groups excluding carboxylic acids is 1. The molecular formula is C15H24N2O2. The van der Waals surface area contributed by atoms with Gasteiger partial charge in [-0.2, -0.15) is 0 Å². The normalized spacial score (nSPS) is 11.1. The summed E-state index contributed by atoms with van der Waals surface area (Å²) in [6, 6.07) is 10.1. The summed E-state index contributed by atoms with van der Waals surface area (Å²) in [6.45, 7) is 5.12. The number of benzene rings is 1. The SMILES string of the molecule is CCC(CC)(CNC(=O)NCCO)c1ccccc1. The molecule has 0 bridgehead atoms. The standard InChI is InChI=1S/C15H24N2O2/c1-3-15(4-2,13-8-6-5-7-9-13)12-17-14(19)16-10-11-18/h5-9,18H,3-4,10-12H2,1-2H3,(H2,16,17,19). The van der Waals surface area contributed by atoms with Gasteiger partial charge in [0.15, 0.2) is 0 Å². The molecule has 0 fully saturated rings. The largest absolute Gasteiger partial charge is 0.395 e. The van der Waals surface area contributed by atoms with E-state index in [4.69, 9.17) is 5.11 Å². The molecule has 0 unspecified atom stereocenters. The zero-order valence-corrected chi connectivity index (χ0v) is 11.8. The van der Waals surface area contributed by atoms with Crippen molar-refractivity contribution in [1.29, 1.82) is 0 Å². The first-order valence-corrected chi connectivity index (χ1v) is 6.86. The van der Waals surface area contributed by atoms with Gasteiger partial charge in [-0.15, -0.1) is 0 Å². The van der Waals surface area contributed by atoms with Crippen LogP contribution in [0.5, 0.6) is 0 Å². The van der Waals surface area contributed by atoms with E-state index in [1.807, 2.05) is 18.2 Å². The minimum absolute atomic E-state index is 0.0299. The maximum absolute atomic E-state index is 11.6. The second kappa shape index (κ2) is 7.79. The van der Waals surface area contributed by atoms with Crippen molar-refractivity contribution in [2.45, 2.75) is 32.1 Å². The summed E-state index contributed by atoms with van der Waals surface area (Å²) in [4.78, 5) is 11.6. The molecule has 0 aliphatic rings. The first-order chi connectivity index (χ1) is 9.18. The number of aliphatic hydroxyl groups excluding tert-OH is 1. The average molecular weight is 264 g/mol. The molecule has 1 aromatic rings. The fourth-order valence-electron chi connectivity index (χ4n) is 2.28. The van der Waals surface area contributed by atoms with E-state index in [-0.39, 0.29) is 24.6 Å². The quantitative estimate of drug-likeness (QED) is 0.705. The van der Waals surface area contributed by atoms with Crippen molar-refractivity contribution >= 4 is 6.03 Å². The third-order valence-corrected chi connectivity index (χ3v) is 3.72. The average Bonchev–Trinajstić information content (AvgIpc) is 2.48. The summed E-state index contributed by atoms with van der Waals surface area (Å²) in [5.74, 6) is 0. The minimum atomic E-state index is -0.226. The molecule has 4 nitrogen and oxygen atoms in total. The maximum atomic E-state index is 11.6. The molecule has 0 atom stereocenters. The first-order valence-electron chi connectivity index (χ1n) is 6.86. The Kier molecular flexibility index (Phi) is 6.36. The number of rotatable bonds is 7. The maximum Gasteiger partial charge on any atom is 0.314 e. The summed E-state index contributed by atoms with van der Waals surface area (Å²) in [6.07, 6.45) is 1.93. The summed E-state index contributed by atoms with van der Waals surface area (Å²) in [7, 11) is 0. The summed E-state index contributed by atoms with van der Waals surface area (Å²) >= 11 is 0. The molecule has 0 aliphatic heterocycles. The molecule has 0 saturated heterocycles. The molecule has 1 aromatic carbocycles. The summed E-state index contributed by atoms with van der Waals surface area (Å²) < 4.78 is 0. The van der Waals surface area contributed by atoms with Crippen LogP contribution >= 0.6 is 0 Å². The Labute approximate surface area is 115 Å². The highest BCUT2D eigenvalue weighted by atomic mass is 16.3. The third kappa shape index (κ3) is 4.24. The van der Waals surface area contributed by atoms with Gasteiger partial charge in [0, 0.05) is 18.5 Å². The van der Waals surface area contributed by atoms with Crippen LogP contribution < -0.4 is 10.6 Å². The van der Waals surface area contributed by atoms with Crippen molar-refractivity contribution in [3.05, 3.63) is 35.9 Å². The predicted octanol–water partition coefficient (Wildman–Crippen LogP) is 2.04. The molecule has 3 N–H and O–H groups in total. The van der Waals surface area contributed by atoms with Crippen LogP contribution in [0.3, 0.4) is 0 Å². The van der Waals surface area contributed by atoms with Crippen LogP contribution in [0, 0.1) is 0 Å². The third-order valence-electron chi connectivity index (χ3n) is 3.72. The Balaban J connectivity index is 2.70. The van der Waals surface area contributed by atoms with Gasteiger partial charge in [-0.25, -0.2) is 4.79 Å². The Morgan fingerprint density at radius 2 is 1.79 bits per heavy atom. The van der Waals surface area contributed by atoms with E-state index in [2.05, 4.69) is 36.6 Å². The van der Waals surface area contributed by atoms with Crippen LogP contribution in [0.2, 0.25) is 0 Å². The predicted molar refractivity (Wildman–Crippen MR) is 77.2 cm³/mol. The number of aliphatic hydroxyl groups is 1. The molecule has 0 spiro atoms. The fourth-order valence-corrected chi connectivity index (χ4v) is 2.28. The Bertz CT molecular complexity index is 375. The Hall–Kier alpha value is -1.55. The minimum Gasteiger partial charge on any atom is -0.395 e. The number of hydrogen-bond donors (Lipinski definition) is 3. The van der Waals surface area contributed by atoms with Gasteiger partial charge < -0.3 is 15.7 Å². The number of hydrogen-bond acceptors (Lipinski definition) is 2. The van der Waals surface area contributed by atoms with Gasteiger partial charge in [0.1, 0.15) is 0 Å². The number of nitrogens with one attached hydrogen (secondary N) is 2. The second-order valence-corrected chi connectivity index (χ2v) is 4.69. The van der Waals surface area contributed by atoms with Crippen molar-refractivity contribution < 1.29 is 9.90 Å². The molecule has 1 rings (SSSR count). The van der Waals surface area contributed by atoms with Crippen LogP contribution in [-0.2, 0) is 5.41 Å². The molecule has 2 amide bonds. The zero-order valence-electron chi connectivity index (χ0n) is 11.8. The molecule has 19 heavy (non-hydrogen) atoms. The van der Waals surface area contributed by atoms with Crippen molar-refractivity contribution in [3.8, 4) is 0 Å². The molecule has 0 aromatic heterocycles. The molecule has 4 heteroatoms. The summed E-state index contributed by atoms with van der Waals surface area (Å²) in [5, 5.41) is 14.2. The lowest BCUT2D eigenvalue weighted by molar-refractivity contribution is 0.230. The van der Waals surface area contributed by atoms with Crippen molar-refractivity contribution in [3.63, 3.8) is 0 Å². The van der Waals surface area contributed by atoms with Crippen molar-refractivity contribution in [2.75, 3.05) is 19.7 Å². The van der Waals surface area contributed by atoms with Gasteiger partial charge in [0.05, 0.1) is 6.61 Å². The van der Waals surface area contributed by atoms with Gasteiger partial charge in [0.25, 0.3) is 0 Å². The van der Waals surface area contributed by atoms with Crippen LogP contribution in [0.25, 0.3) is 0 Å². The van der Waals surface area contributed by atoms with Crippen molar-refractivity contribution in [1.82, 2.24) is 10.6 Å². The molecule has 0 aliphatic carbocycles. The number of carbonyl (C=O) groups is 1.